The number of aromatic nitrogens is 2. The molecule has 0 aliphatic carbocycles. The Morgan fingerprint density at radius 2 is 2.20 bits per heavy atom. The summed E-state index contributed by atoms with van der Waals surface area (Å²) >= 11 is -0.0489. The third-order valence-electron chi connectivity index (χ3n) is 1.45. The van der Waals surface area contributed by atoms with Gasteiger partial charge in [0, 0.05) is 18.5 Å². The van der Waals surface area contributed by atoms with Gasteiger partial charge in [-0.05, 0) is 24.8 Å². The fraction of sp³-hybridized carbons (Fsp3) is 0.500. The van der Waals surface area contributed by atoms with Gasteiger partial charge in [0.25, 0.3) is 0 Å². The lowest BCUT2D eigenvalue weighted by atomic mass is 10.5. The highest BCUT2D eigenvalue weighted by atomic mass is 32.2. The van der Waals surface area contributed by atoms with Gasteiger partial charge in [-0.25, -0.2) is 9.97 Å². The van der Waals surface area contributed by atoms with E-state index in [1.54, 1.807) is 19.2 Å². The monoisotopic (exact) mass is 237 g/mol. The van der Waals surface area contributed by atoms with Gasteiger partial charge >= 0.3 is 5.51 Å². The zero-order valence-electron chi connectivity index (χ0n) is 8.01. The van der Waals surface area contributed by atoms with Crippen LogP contribution in [-0.4, -0.2) is 27.8 Å². The van der Waals surface area contributed by atoms with Gasteiger partial charge in [0.1, 0.15) is 11.6 Å². The van der Waals surface area contributed by atoms with Crippen molar-refractivity contribution in [2.24, 2.45) is 0 Å². The summed E-state index contributed by atoms with van der Waals surface area (Å²) < 4.78 is 35.3. The number of anilines is 1. The van der Waals surface area contributed by atoms with Crippen molar-refractivity contribution in [1.29, 1.82) is 0 Å². The van der Waals surface area contributed by atoms with Crippen LogP contribution in [0.2, 0.25) is 0 Å². The molecule has 0 amide bonds. The van der Waals surface area contributed by atoms with Crippen LogP contribution in [-0.2, 0) is 0 Å². The molecule has 1 rings (SSSR count). The molecule has 1 aromatic rings. The minimum absolute atomic E-state index is 0.0352. The van der Waals surface area contributed by atoms with Crippen LogP contribution in [0.1, 0.15) is 5.82 Å². The van der Waals surface area contributed by atoms with Crippen molar-refractivity contribution in [2.75, 3.05) is 17.6 Å². The van der Waals surface area contributed by atoms with Crippen molar-refractivity contribution in [2.45, 2.75) is 12.4 Å². The molecular formula is C8H10F3N3S. The molecule has 15 heavy (non-hydrogen) atoms. The van der Waals surface area contributed by atoms with Gasteiger partial charge < -0.3 is 5.32 Å². The third kappa shape index (κ3) is 5.46. The van der Waals surface area contributed by atoms with Crippen LogP contribution in [0.25, 0.3) is 0 Å². The van der Waals surface area contributed by atoms with Gasteiger partial charge in [-0.2, -0.15) is 13.2 Å². The van der Waals surface area contributed by atoms with Crippen molar-refractivity contribution in [3.63, 3.8) is 0 Å². The van der Waals surface area contributed by atoms with Crippen molar-refractivity contribution < 1.29 is 13.2 Å². The Hall–Kier alpha value is -0.980. The van der Waals surface area contributed by atoms with E-state index in [4.69, 9.17) is 0 Å². The van der Waals surface area contributed by atoms with E-state index in [9.17, 15) is 13.2 Å². The lowest BCUT2D eigenvalue weighted by Gasteiger charge is -2.07. The van der Waals surface area contributed by atoms with Crippen LogP contribution in [0.5, 0.6) is 0 Å². The fourth-order valence-electron chi connectivity index (χ4n) is 0.901. The topological polar surface area (TPSA) is 37.8 Å². The highest BCUT2D eigenvalue weighted by Gasteiger charge is 2.27. The van der Waals surface area contributed by atoms with Gasteiger partial charge in [-0.15, -0.1) is 0 Å². The number of thioether (sulfide) groups is 1. The van der Waals surface area contributed by atoms with Crippen LogP contribution in [0, 0.1) is 6.92 Å². The standard InChI is InChI=1S/C8H10F3N3S/c1-6-12-3-2-7(14-6)13-4-5-15-8(9,10)11/h2-3H,4-5H2,1H3,(H,12,13,14). The number of nitrogens with zero attached hydrogens (tertiary/aromatic N) is 2. The van der Waals surface area contributed by atoms with Gasteiger partial charge in [0.2, 0.25) is 0 Å². The minimum atomic E-state index is -4.16. The first-order valence-electron chi connectivity index (χ1n) is 4.21. The summed E-state index contributed by atoms with van der Waals surface area (Å²) in [5, 5.41) is 2.79. The second-order valence-corrected chi connectivity index (χ2v) is 3.87. The Morgan fingerprint density at radius 3 is 2.80 bits per heavy atom. The molecule has 0 aliphatic heterocycles. The van der Waals surface area contributed by atoms with Gasteiger partial charge in [0.15, 0.2) is 0 Å². The van der Waals surface area contributed by atoms with E-state index in [2.05, 4.69) is 15.3 Å². The molecule has 0 saturated carbocycles. The third-order valence-corrected chi connectivity index (χ3v) is 2.19. The normalized spacial score (nSPS) is 11.5. The van der Waals surface area contributed by atoms with E-state index < -0.39 is 5.51 Å². The van der Waals surface area contributed by atoms with Crippen LogP contribution < -0.4 is 5.32 Å². The zero-order chi connectivity index (χ0) is 11.3. The van der Waals surface area contributed by atoms with E-state index in [0.717, 1.165) is 0 Å². The molecule has 0 unspecified atom stereocenters. The number of alkyl halides is 3. The summed E-state index contributed by atoms with van der Waals surface area (Å²) in [6, 6.07) is 1.62. The summed E-state index contributed by atoms with van der Waals surface area (Å²) in [4.78, 5) is 7.87. The smallest absolute Gasteiger partial charge is 0.369 e. The molecule has 0 saturated heterocycles. The molecule has 1 aromatic heterocycles. The first-order valence-corrected chi connectivity index (χ1v) is 5.20. The number of nitrogens with one attached hydrogen (secondary N) is 1. The fourth-order valence-corrected chi connectivity index (χ4v) is 1.34. The summed E-state index contributed by atoms with van der Waals surface area (Å²) in [5.74, 6) is 1.10. The second kappa shape index (κ2) is 5.20. The predicted molar refractivity (Wildman–Crippen MR) is 53.8 cm³/mol. The summed E-state index contributed by atoms with van der Waals surface area (Å²) in [5.41, 5.74) is -4.16. The lowest BCUT2D eigenvalue weighted by Crippen LogP contribution is -2.10. The summed E-state index contributed by atoms with van der Waals surface area (Å²) in [7, 11) is 0. The average Bonchev–Trinajstić information content (AvgIpc) is 2.11. The molecule has 7 heteroatoms. The molecule has 0 spiro atoms. The van der Waals surface area contributed by atoms with E-state index in [1.807, 2.05) is 0 Å². The predicted octanol–water partition coefficient (Wildman–Crippen LogP) is 2.45. The van der Waals surface area contributed by atoms with E-state index >= 15 is 0 Å². The second-order valence-electron chi connectivity index (χ2n) is 2.71. The molecule has 0 aromatic carbocycles. The lowest BCUT2D eigenvalue weighted by molar-refractivity contribution is -0.0327. The molecule has 0 atom stereocenters. The van der Waals surface area contributed by atoms with E-state index in [0.29, 0.717) is 11.6 Å². The molecule has 0 fully saturated rings. The molecular weight excluding hydrogens is 227 g/mol. The van der Waals surface area contributed by atoms with Crippen molar-refractivity contribution in [3.8, 4) is 0 Å². The Kier molecular flexibility index (Phi) is 4.19. The molecule has 84 valence electrons. The number of rotatable bonds is 4. The van der Waals surface area contributed by atoms with Crippen LogP contribution in [0.15, 0.2) is 12.3 Å². The maximum Gasteiger partial charge on any atom is 0.441 e. The van der Waals surface area contributed by atoms with Crippen molar-refractivity contribution in [3.05, 3.63) is 18.1 Å². The summed E-state index contributed by atoms with van der Waals surface area (Å²) in [6.45, 7) is 1.94. The number of hydrogen-bond donors (Lipinski definition) is 1. The van der Waals surface area contributed by atoms with E-state index in [-0.39, 0.29) is 24.1 Å². The molecule has 0 radical (unpaired) electrons. The van der Waals surface area contributed by atoms with Gasteiger partial charge in [-0.3, -0.25) is 0 Å². The van der Waals surface area contributed by atoms with Crippen LogP contribution >= 0.6 is 11.8 Å². The first-order chi connectivity index (χ1) is 6.97. The molecule has 1 N–H and O–H groups in total. The van der Waals surface area contributed by atoms with E-state index in [1.165, 1.54) is 0 Å². The Morgan fingerprint density at radius 1 is 1.47 bits per heavy atom. The minimum Gasteiger partial charge on any atom is -0.369 e. The highest BCUT2D eigenvalue weighted by molar-refractivity contribution is 8.00. The van der Waals surface area contributed by atoms with Crippen LogP contribution in [0.3, 0.4) is 0 Å². The molecule has 3 nitrogen and oxygen atoms in total. The number of hydrogen-bond acceptors (Lipinski definition) is 4. The Balaban J connectivity index is 2.26. The highest BCUT2D eigenvalue weighted by Crippen LogP contribution is 2.29. The zero-order valence-corrected chi connectivity index (χ0v) is 8.82. The molecule has 0 aliphatic rings. The van der Waals surface area contributed by atoms with Crippen molar-refractivity contribution in [1.82, 2.24) is 9.97 Å². The van der Waals surface area contributed by atoms with Gasteiger partial charge in [0.05, 0.1) is 0 Å². The molecule has 0 bridgehead atoms. The van der Waals surface area contributed by atoms with Crippen molar-refractivity contribution >= 4 is 17.6 Å². The average molecular weight is 237 g/mol. The van der Waals surface area contributed by atoms with Gasteiger partial charge in [-0.1, -0.05) is 0 Å². The largest absolute Gasteiger partial charge is 0.441 e. The first kappa shape index (κ1) is 12.1. The Bertz CT molecular complexity index is 316. The quantitative estimate of drug-likeness (QED) is 0.816. The Labute approximate surface area is 89.5 Å². The number of aryl methyl sites for hydroxylation is 1. The SMILES string of the molecule is Cc1nccc(NCCSC(F)(F)F)n1. The maximum atomic E-state index is 11.8. The maximum absolute atomic E-state index is 11.8. The van der Waals surface area contributed by atoms with Crippen LogP contribution in [0.4, 0.5) is 19.0 Å². The molecule has 1 heterocycles. The summed E-state index contributed by atoms with van der Waals surface area (Å²) in [6.07, 6.45) is 1.56. The number of halogens is 3.